The first-order valence-electron chi connectivity index (χ1n) is 8.29. The van der Waals surface area contributed by atoms with Crippen LogP contribution in [-0.4, -0.2) is 28.4 Å². The second-order valence-electron chi connectivity index (χ2n) is 5.84. The van der Waals surface area contributed by atoms with Crippen LogP contribution < -0.4 is 5.32 Å². The number of halogens is 1. The minimum Gasteiger partial charge on any atom is -0.451 e. The molecule has 0 unspecified atom stereocenters. The molecule has 3 rings (SSSR count). The molecule has 2 aromatic carbocycles. The summed E-state index contributed by atoms with van der Waals surface area (Å²) in [5.74, 6) is -1.38. The van der Waals surface area contributed by atoms with Crippen molar-refractivity contribution in [3.05, 3.63) is 74.2 Å². The maximum absolute atomic E-state index is 12.3. The van der Waals surface area contributed by atoms with E-state index in [1.807, 2.05) is 0 Å². The number of hydrogen-bond donors (Lipinski definition) is 1. The summed E-state index contributed by atoms with van der Waals surface area (Å²) >= 11 is 7.01. The van der Waals surface area contributed by atoms with Crippen LogP contribution in [0.5, 0.6) is 0 Å². The number of nitro groups is 1. The van der Waals surface area contributed by atoms with Gasteiger partial charge in [-0.1, -0.05) is 35.9 Å². The SMILES string of the molecule is Cc1nc(-c2ccc(Cl)cc2)sc1C(=O)OCC(=O)Nc1ccccc1[N+](=O)[O-]. The van der Waals surface area contributed by atoms with Gasteiger partial charge < -0.3 is 10.1 Å². The predicted molar refractivity (Wildman–Crippen MR) is 109 cm³/mol. The Bertz CT molecular complexity index is 1080. The average Bonchev–Trinajstić information content (AvgIpc) is 3.08. The fraction of sp³-hybridized carbons (Fsp3) is 0.105. The van der Waals surface area contributed by atoms with Gasteiger partial charge in [-0.3, -0.25) is 14.9 Å². The zero-order chi connectivity index (χ0) is 21.0. The highest BCUT2D eigenvalue weighted by molar-refractivity contribution is 7.17. The minimum atomic E-state index is -0.696. The van der Waals surface area contributed by atoms with Crippen molar-refractivity contribution < 1.29 is 19.2 Å². The van der Waals surface area contributed by atoms with Gasteiger partial charge in [0.25, 0.3) is 11.6 Å². The van der Waals surface area contributed by atoms with Crippen LogP contribution >= 0.6 is 22.9 Å². The van der Waals surface area contributed by atoms with E-state index in [1.165, 1.54) is 18.2 Å². The zero-order valence-corrected chi connectivity index (χ0v) is 16.6. The Morgan fingerprint density at radius 3 is 2.59 bits per heavy atom. The maximum Gasteiger partial charge on any atom is 0.350 e. The molecular weight excluding hydrogens is 418 g/mol. The minimum absolute atomic E-state index is 0.0255. The van der Waals surface area contributed by atoms with Crippen LogP contribution in [0.15, 0.2) is 48.5 Å². The Kier molecular flexibility index (Phi) is 6.20. The van der Waals surface area contributed by atoms with Crippen LogP contribution in [0.25, 0.3) is 10.6 Å². The molecule has 10 heteroatoms. The maximum atomic E-state index is 12.3. The molecule has 0 bridgehead atoms. The van der Waals surface area contributed by atoms with Crippen molar-refractivity contribution in [3.63, 3.8) is 0 Å². The number of esters is 1. The molecule has 1 amide bonds. The predicted octanol–water partition coefficient (Wildman–Crippen LogP) is 4.48. The first kappa shape index (κ1) is 20.4. The lowest BCUT2D eigenvalue weighted by atomic mass is 10.2. The normalized spacial score (nSPS) is 10.4. The van der Waals surface area contributed by atoms with E-state index in [-0.39, 0.29) is 16.3 Å². The van der Waals surface area contributed by atoms with Crippen molar-refractivity contribution in [3.8, 4) is 10.6 Å². The highest BCUT2D eigenvalue weighted by atomic mass is 35.5. The molecule has 3 aromatic rings. The van der Waals surface area contributed by atoms with Crippen LogP contribution in [0.4, 0.5) is 11.4 Å². The van der Waals surface area contributed by atoms with Gasteiger partial charge >= 0.3 is 5.97 Å². The summed E-state index contributed by atoms with van der Waals surface area (Å²) in [6.45, 7) is 1.08. The molecular formula is C19H14ClN3O5S. The number of ether oxygens (including phenoxy) is 1. The second kappa shape index (κ2) is 8.80. The zero-order valence-electron chi connectivity index (χ0n) is 15.0. The van der Waals surface area contributed by atoms with Crippen LogP contribution in [0.1, 0.15) is 15.4 Å². The van der Waals surface area contributed by atoms with Gasteiger partial charge in [0.15, 0.2) is 6.61 Å². The number of para-hydroxylation sites is 2. The lowest BCUT2D eigenvalue weighted by Crippen LogP contribution is -2.21. The molecule has 0 spiro atoms. The Labute approximate surface area is 174 Å². The Morgan fingerprint density at radius 1 is 1.21 bits per heavy atom. The van der Waals surface area contributed by atoms with Crippen molar-refractivity contribution in [1.82, 2.24) is 4.98 Å². The lowest BCUT2D eigenvalue weighted by molar-refractivity contribution is -0.383. The number of nitro benzene ring substituents is 1. The molecule has 0 fully saturated rings. The van der Waals surface area contributed by atoms with E-state index in [0.29, 0.717) is 15.7 Å². The van der Waals surface area contributed by atoms with E-state index < -0.39 is 23.4 Å². The molecule has 0 atom stereocenters. The molecule has 0 aliphatic carbocycles. The number of rotatable bonds is 6. The molecule has 0 radical (unpaired) electrons. The summed E-state index contributed by atoms with van der Waals surface area (Å²) in [5.41, 5.74) is 1.05. The van der Waals surface area contributed by atoms with Crippen LogP contribution in [-0.2, 0) is 9.53 Å². The number of aryl methyl sites for hydroxylation is 1. The molecule has 0 saturated carbocycles. The fourth-order valence-corrected chi connectivity index (χ4v) is 3.51. The number of amides is 1. The number of carbonyl (C=O) groups excluding carboxylic acids is 2. The van der Waals surface area contributed by atoms with Crippen molar-refractivity contribution >= 4 is 46.2 Å². The first-order chi connectivity index (χ1) is 13.8. The quantitative estimate of drug-likeness (QED) is 0.350. The largest absolute Gasteiger partial charge is 0.451 e. The average molecular weight is 432 g/mol. The van der Waals surface area contributed by atoms with E-state index in [4.69, 9.17) is 16.3 Å². The van der Waals surface area contributed by atoms with Gasteiger partial charge in [0, 0.05) is 16.7 Å². The van der Waals surface area contributed by atoms with Crippen LogP contribution in [0.3, 0.4) is 0 Å². The first-order valence-corrected chi connectivity index (χ1v) is 9.48. The van der Waals surface area contributed by atoms with E-state index >= 15 is 0 Å². The van der Waals surface area contributed by atoms with Gasteiger partial charge in [0.1, 0.15) is 15.6 Å². The van der Waals surface area contributed by atoms with Gasteiger partial charge in [0.2, 0.25) is 0 Å². The molecule has 8 nitrogen and oxygen atoms in total. The third-order valence-corrected chi connectivity index (χ3v) is 5.22. The summed E-state index contributed by atoms with van der Waals surface area (Å²) in [6.07, 6.45) is 0. The number of benzene rings is 2. The van der Waals surface area contributed by atoms with Gasteiger partial charge in [-0.05, 0) is 25.1 Å². The van der Waals surface area contributed by atoms with E-state index in [9.17, 15) is 19.7 Å². The standard InChI is InChI=1S/C19H14ClN3O5S/c1-11-17(29-18(21-11)12-6-8-13(20)9-7-12)19(25)28-10-16(24)22-14-4-2-3-5-15(14)23(26)27/h2-9H,10H2,1H3,(H,22,24). The van der Waals surface area contributed by atoms with Crippen LogP contribution in [0, 0.1) is 17.0 Å². The third kappa shape index (κ3) is 4.95. The van der Waals surface area contributed by atoms with E-state index in [2.05, 4.69) is 10.3 Å². The molecule has 148 valence electrons. The lowest BCUT2D eigenvalue weighted by Gasteiger charge is -2.06. The topological polar surface area (TPSA) is 111 Å². The monoisotopic (exact) mass is 431 g/mol. The van der Waals surface area contributed by atoms with Gasteiger partial charge in [-0.25, -0.2) is 9.78 Å². The number of thiazole rings is 1. The summed E-state index contributed by atoms with van der Waals surface area (Å²) in [6, 6.07) is 12.7. The number of hydrogen-bond acceptors (Lipinski definition) is 7. The molecule has 1 heterocycles. The van der Waals surface area contributed by atoms with Crippen molar-refractivity contribution in [2.45, 2.75) is 6.92 Å². The van der Waals surface area contributed by atoms with E-state index in [1.54, 1.807) is 37.3 Å². The molecule has 1 aromatic heterocycles. The number of nitrogens with one attached hydrogen (secondary N) is 1. The number of nitrogens with zero attached hydrogens (tertiary/aromatic N) is 2. The van der Waals surface area contributed by atoms with Crippen LogP contribution in [0.2, 0.25) is 5.02 Å². The summed E-state index contributed by atoms with van der Waals surface area (Å²) in [5, 5.41) is 14.6. The smallest absolute Gasteiger partial charge is 0.350 e. The highest BCUT2D eigenvalue weighted by Gasteiger charge is 2.20. The van der Waals surface area contributed by atoms with Crippen molar-refractivity contribution in [2.75, 3.05) is 11.9 Å². The number of aromatic nitrogens is 1. The third-order valence-electron chi connectivity index (χ3n) is 3.78. The summed E-state index contributed by atoms with van der Waals surface area (Å²) in [4.78, 5) is 39.4. The molecule has 0 aliphatic heterocycles. The second-order valence-corrected chi connectivity index (χ2v) is 7.27. The van der Waals surface area contributed by atoms with Gasteiger partial charge in [-0.2, -0.15) is 0 Å². The van der Waals surface area contributed by atoms with Gasteiger partial charge in [0.05, 0.1) is 10.6 Å². The fourth-order valence-electron chi connectivity index (χ4n) is 2.42. The molecule has 0 aliphatic rings. The Morgan fingerprint density at radius 2 is 1.90 bits per heavy atom. The highest BCUT2D eigenvalue weighted by Crippen LogP contribution is 2.29. The number of carbonyl (C=O) groups is 2. The van der Waals surface area contributed by atoms with E-state index in [0.717, 1.165) is 16.9 Å². The van der Waals surface area contributed by atoms with Crippen molar-refractivity contribution in [2.24, 2.45) is 0 Å². The molecule has 1 N–H and O–H groups in total. The molecule has 0 saturated heterocycles. The Balaban J connectivity index is 1.65. The summed E-state index contributed by atoms with van der Waals surface area (Å²) in [7, 11) is 0. The van der Waals surface area contributed by atoms with Gasteiger partial charge in [-0.15, -0.1) is 11.3 Å². The van der Waals surface area contributed by atoms with Crippen molar-refractivity contribution in [1.29, 1.82) is 0 Å². The number of anilines is 1. The molecule has 29 heavy (non-hydrogen) atoms. The summed E-state index contributed by atoms with van der Waals surface area (Å²) < 4.78 is 5.04. The Hall–Kier alpha value is -3.30.